The van der Waals surface area contributed by atoms with Gasteiger partial charge in [0, 0.05) is 28.3 Å². The van der Waals surface area contributed by atoms with Crippen LogP contribution in [0, 0.1) is 0 Å². The Kier molecular flexibility index (Phi) is 7.86. The van der Waals surface area contributed by atoms with Crippen LogP contribution in [-0.2, 0) is 0 Å². The van der Waals surface area contributed by atoms with E-state index in [-0.39, 0.29) is 5.75 Å². The Morgan fingerprint density at radius 1 is 1.31 bits per heavy atom. The number of nitrogens with zero attached hydrogens (tertiary/aromatic N) is 2. The van der Waals surface area contributed by atoms with Crippen molar-refractivity contribution in [3.63, 3.8) is 0 Å². The third-order valence-electron chi connectivity index (χ3n) is 5.37. The Balaban J connectivity index is 0.000000305. The van der Waals surface area contributed by atoms with E-state index in [9.17, 15) is 18.7 Å². The molecule has 2 N–H and O–H groups in total. The van der Waals surface area contributed by atoms with Crippen LogP contribution >= 0.6 is 11.8 Å². The number of alkyl halides is 2. The Labute approximate surface area is 190 Å². The van der Waals surface area contributed by atoms with Gasteiger partial charge < -0.3 is 15.2 Å². The first-order chi connectivity index (χ1) is 15.3. The molecule has 2 heterocycles. The van der Waals surface area contributed by atoms with Gasteiger partial charge in [-0.25, -0.2) is 4.68 Å². The molecular formula is C23H27F2N3O3S. The average molecular weight is 464 g/mol. The predicted molar refractivity (Wildman–Crippen MR) is 123 cm³/mol. The fourth-order valence-corrected chi connectivity index (χ4v) is 4.87. The molecule has 0 saturated carbocycles. The van der Waals surface area contributed by atoms with Crippen LogP contribution in [-0.4, -0.2) is 51.9 Å². The maximum absolute atomic E-state index is 12.4. The van der Waals surface area contributed by atoms with E-state index in [0.29, 0.717) is 39.7 Å². The van der Waals surface area contributed by atoms with Crippen molar-refractivity contribution in [2.75, 3.05) is 18.6 Å². The van der Waals surface area contributed by atoms with E-state index >= 15 is 0 Å². The van der Waals surface area contributed by atoms with E-state index < -0.39 is 12.7 Å². The number of hydrogen-bond acceptors (Lipinski definition) is 6. The standard InChI is InChI=1S/C17H14F2N2O3.C6H13NS/c1-10(23)16-14-7-11(9-22)5-6-15(14)21(20-16)12-3-2-4-13(8-12)24-17(18)19;1-6(7-2)3-4-8-5-6/h2-10,17,23H,1H3;7H,3-5H2,1-2H3. The van der Waals surface area contributed by atoms with Gasteiger partial charge in [-0.15, -0.1) is 0 Å². The zero-order valence-corrected chi connectivity index (χ0v) is 19.0. The van der Waals surface area contributed by atoms with Gasteiger partial charge in [-0.3, -0.25) is 4.79 Å². The maximum Gasteiger partial charge on any atom is 0.387 e. The number of aliphatic hydroxyl groups excluding tert-OH is 1. The molecule has 0 bridgehead atoms. The summed E-state index contributed by atoms with van der Waals surface area (Å²) >= 11 is 2.04. The van der Waals surface area contributed by atoms with Crippen LogP contribution < -0.4 is 10.1 Å². The van der Waals surface area contributed by atoms with Gasteiger partial charge in [-0.05, 0) is 63.4 Å². The van der Waals surface area contributed by atoms with Crippen molar-refractivity contribution in [2.45, 2.75) is 38.5 Å². The van der Waals surface area contributed by atoms with Crippen LogP contribution in [0.15, 0.2) is 42.5 Å². The third kappa shape index (κ3) is 5.65. The number of nitrogens with one attached hydrogen (secondary N) is 1. The van der Waals surface area contributed by atoms with Crippen molar-refractivity contribution in [3.05, 3.63) is 53.7 Å². The zero-order chi connectivity index (χ0) is 23.3. The van der Waals surface area contributed by atoms with Gasteiger partial charge >= 0.3 is 6.61 Å². The molecule has 3 aromatic rings. The fourth-order valence-electron chi connectivity index (χ4n) is 3.39. The lowest BCUT2D eigenvalue weighted by atomic mass is 10.0. The minimum atomic E-state index is -2.92. The van der Waals surface area contributed by atoms with Crippen molar-refractivity contribution in [1.29, 1.82) is 0 Å². The quantitative estimate of drug-likeness (QED) is 0.521. The summed E-state index contributed by atoms with van der Waals surface area (Å²) in [6.45, 7) is 0.932. The molecule has 0 amide bonds. The second-order valence-corrected chi connectivity index (χ2v) is 8.96. The van der Waals surface area contributed by atoms with Crippen LogP contribution in [0.3, 0.4) is 0 Å². The molecule has 1 aliphatic heterocycles. The highest BCUT2D eigenvalue weighted by Crippen LogP contribution is 2.29. The van der Waals surface area contributed by atoms with E-state index in [1.54, 1.807) is 37.3 Å². The van der Waals surface area contributed by atoms with Gasteiger partial charge in [-0.2, -0.15) is 25.6 Å². The predicted octanol–water partition coefficient (Wildman–Crippen LogP) is 4.59. The Morgan fingerprint density at radius 3 is 2.66 bits per heavy atom. The first kappa shape index (κ1) is 24.2. The number of aromatic nitrogens is 2. The Bertz CT molecular complexity index is 1070. The number of thioether (sulfide) groups is 1. The van der Waals surface area contributed by atoms with Crippen LogP contribution in [0.5, 0.6) is 5.75 Å². The SMILES string of the molecule is CC(O)c1nn(-c2cccc(OC(F)F)c2)c2ccc(C=O)cc12.CNC1(C)CCSC1. The summed E-state index contributed by atoms with van der Waals surface area (Å²) in [6.07, 6.45) is 1.18. The molecule has 1 aliphatic rings. The highest BCUT2D eigenvalue weighted by molar-refractivity contribution is 7.99. The summed E-state index contributed by atoms with van der Waals surface area (Å²) < 4.78 is 30.7. The summed E-state index contributed by atoms with van der Waals surface area (Å²) in [6, 6.07) is 11.1. The summed E-state index contributed by atoms with van der Waals surface area (Å²) in [7, 11) is 2.05. The van der Waals surface area contributed by atoms with Gasteiger partial charge in [0.05, 0.1) is 23.0 Å². The molecule has 1 aromatic heterocycles. The molecule has 2 atom stereocenters. The number of rotatable bonds is 6. The molecule has 1 saturated heterocycles. The van der Waals surface area contributed by atoms with Crippen molar-refractivity contribution < 1.29 is 23.4 Å². The Morgan fingerprint density at radius 2 is 2.09 bits per heavy atom. The Hall–Kier alpha value is -2.49. The molecule has 0 aliphatic carbocycles. The number of hydrogen-bond donors (Lipinski definition) is 2. The molecule has 0 radical (unpaired) electrons. The van der Waals surface area contributed by atoms with Crippen LogP contribution in [0.25, 0.3) is 16.6 Å². The van der Waals surface area contributed by atoms with Crippen molar-refractivity contribution in [2.24, 2.45) is 0 Å². The molecular weight excluding hydrogens is 436 g/mol. The van der Waals surface area contributed by atoms with Gasteiger partial charge in [-0.1, -0.05) is 6.07 Å². The summed E-state index contributed by atoms with van der Waals surface area (Å²) in [5.74, 6) is 2.62. The molecule has 1 fully saturated rings. The third-order valence-corrected chi connectivity index (χ3v) is 6.71. The maximum atomic E-state index is 12.4. The minimum absolute atomic E-state index is 0.00857. The minimum Gasteiger partial charge on any atom is -0.435 e. The molecule has 2 unspecified atom stereocenters. The van der Waals surface area contributed by atoms with Crippen molar-refractivity contribution in [3.8, 4) is 11.4 Å². The summed E-state index contributed by atoms with van der Waals surface area (Å²) in [5, 5.41) is 18.2. The largest absolute Gasteiger partial charge is 0.435 e. The lowest BCUT2D eigenvalue weighted by Crippen LogP contribution is -2.39. The topological polar surface area (TPSA) is 76.4 Å². The van der Waals surface area contributed by atoms with E-state index in [4.69, 9.17) is 0 Å². The number of fused-ring (bicyclic) bond motifs is 1. The lowest BCUT2D eigenvalue weighted by molar-refractivity contribution is -0.0498. The van der Waals surface area contributed by atoms with E-state index in [2.05, 4.69) is 22.1 Å². The molecule has 2 aromatic carbocycles. The highest BCUT2D eigenvalue weighted by Gasteiger charge is 2.26. The molecule has 6 nitrogen and oxygen atoms in total. The number of halogens is 2. The monoisotopic (exact) mass is 463 g/mol. The second-order valence-electron chi connectivity index (χ2n) is 7.86. The normalized spacial score (nSPS) is 19.0. The number of ether oxygens (including phenoxy) is 1. The van der Waals surface area contributed by atoms with Crippen LogP contribution in [0.4, 0.5) is 8.78 Å². The highest BCUT2D eigenvalue weighted by atomic mass is 32.2. The number of aldehydes is 1. The average Bonchev–Trinajstić information content (AvgIpc) is 3.38. The van der Waals surface area contributed by atoms with Gasteiger partial charge in [0.2, 0.25) is 0 Å². The van der Waals surface area contributed by atoms with E-state index in [0.717, 1.165) is 0 Å². The number of carbonyl (C=O) groups is 1. The summed E-state index contributed by atoms with van der Waals surface area (Å²) in [4.78, 5) is 11.0. The molecule has 4 rings (SSSR count). The van der Waals surface area contributed by atoms with Crippen LogP contribution in [0.2, 0.25) is 0 Å². The van der Waals surface area contributed by atoms with Gasteiger partial charge in [0.15, 0.2) is 0 Å². The van der Waals surface area contributed by atoms with Crippen molar-refractivity contribution >= 4 is 29.0 Å². The number of carbonyl (C=O) groups excluding carboxylic acids is 1. The van der Waals surface area contributed by atoms with Gasteiger partial charge in [0.25, 0.3) is 0 Å². The smallest absolute Gasteiger partial charge is 0.387 e. The van der Waals surface area contributed by atoms with Crippen molar-refractivity contribution in [1.82, 2.24) is 15.1 Å². The molecule has 172 valence electrons. The van der Waals surface area contributed by atoms with Crippen LogP contribution in [0.1, 0.15) is 42.4 Å². The summed E-state index contributed by atoms with van der Waals surface area (Å²) in [5.41, 5.74) is 2.45. The number of benzene rings is 2. The fraction of sp³-hybridized carbons (Fsp3) is 0.391. The van der Waals surface area contributed by atoms with E-state index in [1.807, 2.05) is 18.8 Å². The molecule has 9 heteroatoms. The first-order valence-corrected chi connectivity index (χ1v) is 11.4. The second kappa shape index (κ2) is 10.4. The van der Waals surface area contributed by atoms with E-state index in [1.165, 1.54) is 34.7 Å². The molecule has 32 heavy (non-hydrogen) atoms. The zero-order valence-electron chi connectivity index (χ0n) is 18.2. The lowest BCUT2D eigenvalue weighted by Gasteiger charge is -2.20. The number of aliphatic hydroxyl groups is 1. The molecule has 0 spiro atoms. The first-order valence-electron chi connectivity index (χ1n) is 10.2. The van der Waals surface area contributed by atoms with Gasteiger partial charge in [0.1, 0.15) is 12.0 Å².